The van der Waals surface area contributed by atoms with Crippen LogP contribution in [0.2, 0.25) is 19.4 Å². The number of aliphatic hydroxyl groups is 3. The van der Waals surface area contributed by atoms with Crippen molar-refractivity contribution in [3.63, 3.8) is 0 Å². The Balaban J connectivity index is 0.000000149. The summed E-state index contributed by atoms with van der Waals surface area (Å²) < 4.78 is 102. The molecule has 0 saturated heterocycles. The second-order valence-electron chi connectivity index (χ2n) is 28.5. The number of aromatic nitrogens is 6. The molecule has 15 rings (SSSR count). The molecule has 0 radical (unpaired) electrons. The van der Waals surface area contributed by atoms with Crippen LogP contribution >= 0.6 is 80.4 Å². The summed E-state index contributed by atoms with van der Waals surface area (Å²) in [5, 5.41) is 61.0. The molecule has 606 valence electrons. The number of rotatable bonds is 24. The first-order valence-electron chi connectivity index (χ1n) is 35.9. The fourth-order valence-corrected chi connectivity index (χ4v) is 20.3. The van der Waals surface area contributed by atoms with Gasteiger partial charge in [0.2, 0.25) is 17.3 Å². The number of hydrogen-bond donors (Lipinski definition) is 10. The summed E-state index contributed by atoms with van der Waals surface area (Å²) in [5.41, 5.74) is 10.5. The van der Waals surface area contributed by atoms with E-state index in [0.717, 1.165) is 73.6 Å². The fourth-order valence-electron chi connectivity index (χ4n) is 15.4. The van der Waals surface area contributed by atoms with Crippen molar-refractivity contribution in [3.05, 3.63) is 227 Å². The normalized spacial score (nSPS) is 23.9. The number of ketones is 3. The molecule has 29 nitrogen and oxygen atoms in total. The number of anilines is 2. The highest BCUT2D eigenvalue weighted by Crippen LogP contribution is 2.45. The molecule has 40 heteroatoms. The molecule has 0 amide bonds. The van der Waals surface area contributed by atoms with E-state index in [1.165, 1.54) is 77.1 Å². The second-order valence-corrected chi connectivity index (χ2v) is 37.7. The molecule has 9 aromatic rings. The number of carbonyl (C=O) groups excluding carboxylic acids is 3. The number of hydrogen-bond acceptors (Lipinski definition) is 29. The molecule has 13 N–H and O–H groups in total. The van der Waals surface area contributed by atoms with Crippen molar-refractivity contribution in [1.82, 2.24) is 40.5 Å². The van der Waals surface area contributed by atoms with Gasteiger partial charge in [0.05, 0.1) is 98.2 Å². The first-order valence-corrected chi connectivity index (χ1v) is 44.3. The van der Waals surface area contributed by atoms with Crippen LogP contribution in [0.4, 0.5) is 16.0 Å². The number of fused-ring (bicyclic) bond motifs is 3. The number of aliphatic hydroxyl groups excluding tert-OH is 3. The van der Waals surface area contributed by atoms with Crippen molar-refractivity contribution in [1.29, 1.82) is 0 Å². The molecule has 13 atom stereocenters. The lowest BCUT2D eigenvalue weighted by atomic mass is 9.90. The molecule has 114 heavy (non-hydrogen) atoms. The maximum atomic E-state index is 15.0. The van der Waals surface area contributed by atoms with Gasteiger partial charge in [-0.3, -0.25) is 26.9 Å². The van der Waals surface area contributed by atoms with Gasteiger partial charge in [-0.2, -0.15) is 25.3 Å². The predicted molar refractivity (Wildman–Crippen MR) is 428 cm³/mol. The van der Waals surface area contributed by atoms with Crippen LogP contribution < -0.4 is 36.7 Å². The van der Waals surface area contributed by atoms with Gasteiger partial charge in [-0.15, -0.1) is 34.0 Å². The fraction of sp³-hybridized carbons (Fsp3) is 0.392. The number of ether oxygens (including phenoxy) is 1. The minimum Gasteiger partial charge on any atom is -0.393 e. The van der Waals surface area contributed by atoms with E-state index in [-0.39, 0.29) is 84.8 Å². The molecule has 3 aliphatic carbocycles. The summed E-state index contributed by atoms with van der Waals surface area (Å²) in [5.74, 6) is -2.45. The lowest BCUT2D eigenvalue weighted by Crippen LogP contribution is -2.30. The lowest BCUT2D eigenvalue weighted by Gasteiger charge is -2.27. The van der Waals surface area contributed by atoms with E-state index in [2.05, 4.69) is 69.8 Å². The van der Waals surface area contributed by atoms with Gasteiger partial charge in [-0.25, -0.2) is 49.7 Å². The van der Waals surface area contributed by atoms with Crippen molar-refractivity contribution >= 4 is 140 Å². The molecule has 3 aliphatic heterocycles. The number of nitrogens with two attached hydrogens (primary N) is 3. The van der Waals surface area contributed by atoms with Crippen molar-refractivity contribution in [2.75, 3.05) is 43.6 Å². The van der Waals surface area contributed by atoms with Gasteiger partial charge < -0.3 is 41.3 Å². The molecule has 0 bridgehead atoms. The molecule has 6 aliphatic rings. The molecular weight excluding hydrogens is 1680 g/mol. The van der Waals surface area contributed by atoms with Gasteiger partial charge in [0, 0.05) is 91.9 Å². The number of alkyl halides is 1. The summed E-state index contributed by atoms with van der Waals surface area (Å²) in [7, 11) is -12.4. The summed E-state index contributed by atoms with van der Waals surface area (Å²) in [6.45, 7) is 5.11. The summed E-state index contributed by atoms with van der Waals surface area (Å²) in [4.78, 5) is 69.1. The van der Waals surface area contributed by atoms with Crippen LogP contribution in [0.25, 0.3) is 0 Å². The number of halogens is 5. The highest BCUT2D eigenvalue weighted by molar-refractivity contribution is 7.84. The molecule has 9 heterocycles. The van der Waals surface area contributed by atoms with Crippen molar-refractivity contribution < 1.29 is 76.6 Å². The average Bonchev–Trinajstić information content (AvgIpc) is 1.62. The molecule has 3 aromatic carbocycles. The Bertz CT molecular complexity index is 5460. The summed E-state index contributed by atoms with van der Waals surface area (Å²) in [6, 6.07) is 22.2. The largest absolute Gasteiger partial charge is 0.393 e. The van der Waals surface area contributed by atoms with Crippen LogP contribution in [0.15, 0.2) is 110 Å². The highest BCUT2D eigenvalue weighted by atomic mass is 35.5. The maximum absolute atomic E-state index is 15.0. The molecule has 3 fully saturated rings. The Labute approximate surface area is 688 Å². The van der Waals surface area contributed by atoms with E-state index in [1.54, 1.807) is 6.07 Å². The number of benzene rings is 3. The second kappa shape index (κ2) is 36.1. The van der Waals surface area contributed by atoms with E-state index in [0.29, 0.717) is 95.8 Å². The van der Waals surface area contributed by atoms with Crippen LogP contribution in [0.3, 0.4) is 0 Å². The van der Waals surface area contributed by atoms with E-state index in [4.69, 9.17) is 66.6 Å². The highest BCUT2D eigenvalue weighted by Gasteiger charge is 2.45. The van der Waals surface area contributed by atoms with Crippen LogP contribution in [0.1, 0.15) is 162 Å². The Kier molecular flexibility index (Phi) is 26.9. The third kappa shape index (κ3) is 20.4. The molecular formula is C74H78Cl4FN13O16S6. The van der Waals surface area contributed by atoms with Crippen LogP contribution in [-0.2, 0) is 74.0 Å². The quantitative estimate of drug-likeness (QED) is 0.0252. The van der Waals surface area contributed by atoms with Crippen molar-refractivity contribution in [2.24, 2.45) is 39.1 Å². The number of thiophene rings is 3. The summed E-state index contributed by atoms with van der Waals surface area (Å²) in [6.07, 6.45) is 6.66. The smallest absolute Gasteiger partial charge is 0.333 e. The lowest BCUT2D eigenvalue weighted by molar-refractivity contribution is 0.0438. The Hall–Kier alpha value is -6.93. The Morgan fingerprint density at radius 1 is 0.544 bits per heavy atom. The van der Waals surface area contributed by atoms with Crippen LogP contribution in [0, 0.1) is 37.5 Å². The third-order valence-corrected chi connectivity index (χ3v) is 26.6. The first-order chi connectivity index (χ1) is 54.2. The van der Waals surface area contributed by atoms with Gasteiger partial charge >= 0.3 is 30.9 Å². The average molecular weight is 1760 g/mol. The van der Waals surface area contributed by atoms with Gasteiger partial charge in [0.15, 0.2) is 0 Å². The predicted octanol–water partition coefficient (Wildman–Crippen LogP) is 9.27. The standard InChI is InChI=1S/C26H27ClFN3O6S2.C25H28ClN5O5S2.C23H23Cl2N5O5S2/c1-13-18(26-19-8-17(27)3-2-14(19)4-5-36-26)9-22(38-13)25(33)20-10-30-12-31-21(20)7-15-6-16(24(32)23(15)28)11-37-39(29,34)35;1-13-18(23-19-7-16(26)3-2-14(19)4-5-29-23)9-22(37-13)24(33)20-10-28-12-30-25(20)31-17-6-15(21(32)8-17)11-36-38(27,34)35;24-13-2-1-11-7-28-20(15(11)4-13)16-6-19(36-22(16)25)21(32)17-8-27-10-29-23(17)30-14-3-12(18(31)5-14)9-35-37(26,33)34/h2-3,8-10,12,15-16,23-24,26,32H,4-7,11H2,1H3,(H2,29,34,35);2-3,7,9-10,12,15,17,21,23,29,32H,4-6,8,11H2,1H3,(H2,27,34,35)(H,28,30,31);1-2,4,6,8,10,12,14,18,20,28,31H,3,5,7,9H2,(H2,26,33,34)(H,27,29,30)/t15-,16+,23+,24+,26?;15-,17-,21+,23?;12-,14-,18+,20?/m011/s1. The van der Waals surface area contributed by atoms with E-state index >= 15 is 0 Å². The Morgan fingerprint density at radius 3 is 1.56 bits per heavy atom. The Morgan fingerprint density at radius 2 is 1.00 bits per heavy atom. The minimum absolute atomic E-state index is 0.0581. The zero-order valence-electron chi connectivity index (χ0n) is 60.7. The topological polar surface area (TPSA) is 455 Å². The minimum atomic E-state index is -4.22. The summed E-state index contributed by atoms with van der Waals surface area (Å²) >= 11 is 29.3. The van der Waals surface area contributed by atoms with E-state index in [9.17, 15) is 59.3 Å². The van der Waals surface area contributed by atoms with E-state index in [1.807, 2.05) is 74.5 Å². The van der Waals surface area contributed by atoms with Crippen molar-refractivity contribution in [3.8, 4) is 0 Å². The van der Waals surface area contributed by atoms with Gasteiger partial charge in [0.1, 0.15) is 42.9 Å². The van der Waals surface area contributed by atoms with Crippen LogP contribution in [-0.4, -0.2) is 157 Å². The number of carbonyl (C=O) groups is 3. The number of nitrogens with zero attached hydrogens (tertiary/aromatic N) is 6. The SMILES string of the molecule is Cc1sc(C(=O)c2cncnc2C[C@@H]2C[C@H](COS(N)(=O)=O)[C@@H](O)[C@@H]2F)cc1C1OCCc2ccc(Cl)cc21.Cc1sc(C(=O)c2cncnc2N[C@@H]2C[C@H](COS(N)(=O)=O)[C@@H](O)C2)cc1C1NCCc2ccc(Cl)cc21.NS(=O)(=O)OC[C@H]1C[C@@H](Nc2ncncc2C(=O)c2cc(C3NCc4ccc(Cl)cc43)c(Cl)s2)C[C@@H]1O. The van der Waals surface area contributed by atoms with Gasteiger partial charge in [-0.05, 0) is 170 Å². The molecule has 3 saturated carbocycles. The van der Waals surface area contributed by atoms with Crippen LogP contribution in [0.5, 0.6) is 0 Å². The maximum Gasteiger partial charge on any atom is 0.333 e. The number of aryl methyl sites for hydroxylation is 2. The van der Waals surface area contributed by atoms with Gasteiger partial charge in [-0.1, -0.05) is 64.6 Å². The monoisotopic (exact) mass is 1760 g/mol. The third-order valence-electron chi connectivity index (χ3n) is 20.9. The zero-order valence-corrected chi connectivity index (χ0v) is 68.6. The first kappa shape index (κ1) is 85.0. The molecule has 3 unspecified atom stereocenters. The van der Waals surface area contributed by atoms with Crippen molar-refractivity contribution in [2.45, 2.75) is 127 Å². The van der Waals surface area contributed by atoms with E-state index < -0.39 is 85.7 Å². The molecule has 6 aromatic heterocycles. The number of nitrogens with one attached hydrogen (secondary N) is 4. The zero-order chi connectivity index (χ0) is 81.2. The molecule has 0 spiro atoms. The van der Waals surface area contributed by atoms with Gasteiger partial charge in [0.25, 0.3) is 0 Å².